The summed E-state index contributed by atoms with van der Waals surface area (Å²) in [4.78, 5) is 38.1. The number of thiophene rings is 1. The number of carbonyl (C=O) groups is 2. The highest BCUT2D eigenvalue weighted by Crippen LogP contribution is 2.39. The molecule has 34 heavy (non-hydrogen) atoms. The number of hydrogen-bond acceptors (Lipinski definition) is 8. The van der Waals surface area contributed by atoms with Crippen molar-refractivity contribution in [3.05, 3.63) is 41.0 Å². The number of nitrogens with one attached hydrogen (secondary N) is 1. The molecular weight excluding hydrogens is 470 g/mol. The van der Waals surface area contributed by atoms with Gasteiger partial charge in [0.15, 0.2) is 24.0 Å². The van der Waals surface area contributed by atoms with Crippen molar-refractivity contribution in [1.29, 1.82) is 0 Å². The number of carbonyl (C=O) groups excluding carboxylic acids is 2. The Kier molecular flexibility index (Phi) is 6.92. The molecule has 2 atom stereocenters. The van der Waals surface area contributed by atoms with E-state index in [0.717, 1.165) is 55.4 Å². The first-order chi connectivity index (χ1) is 16.5. The lowest BCUT2D eigenvalue weighted by molar-refractivity contribution is -0.939. The molecule has 0 spiro atoms. The molecular formula is C24H32N5O3S2+. The Morgan fingerprint density at radius 1 is 1.26 bits per heavy atom. The van der Waals surface area contributed by atoms with Crippen molar-refractivity contribution in [3.8, 4) is 0 Å². The third-order valence-electron chi connectivity index (χ3n) is 7.65. The zero-order chi connectivity index (χ0) is 23.6. The van der Waals surface area contributed by atoms with Crippen molar-refractivity contribution >= 4 is 40.8 Å². The van der Waals surface area contributed by atoms with Crippen LogP contribution < -0.4 is 5.32 Å². The van der Waals surface area contributed by atoms with Crippen LogP contribution in [0.5, 0.6) is 0 Å². The molecule has 1 amide bonds. The number of amides is 1. The highest BCUT2D eigenvalue weighted by Gasteiger charge is 2.51. The lowest BCUT2D eigenvalue weighted by atomic mass is 9.83. The first kappa shape index (κ1) is 23.7. The Morgan fingerprint density at radius 2 is 2.06 bits per heavy atom. The standard InChI is InChI=1S/C24H31N5O3S2/c1-24(20-3-2-12-34-20,28-8-13-33-14-9-28)23(31)32-19-16-29(10-4-18(19)5-11-29)17-22(30)27-21-15-25-6-7-26-21/h2-3,6-7,12,15,18-19H,4-5,8-11,13-14,16-17H2,1H3/p+1/t18?,19-,24?,29?/m0/s1. The van der Waals surface area contributed by atoms with Crippen molar-refractivity contribution < 1.29 is 18.8 Å². The Balaban J connectivity index is 1.29. The van der Waals surface area contributed by atoms with E-state index in [1.165, 1.54) is 0 Å². The zero-order valence-corrected chi connectivity index (χ0v) is 21.2. The van der Waals surface area contributed by atoms with Crippen LogP contribution in [0.25, 0.3) is 0 Å². The van der Waals surface area contributed by atoms with Crippen LogP contribution in [-0.2, 0) is 19.9 Å². The van der Waals surface area contributed by atoms with Crippen molar-refractivity contribution in [2.75, 3.05) is 56.1 Å². The number of thioether (sulfide) groups is 1. The number of ether oxygens (including phenoxy) is 1. The highest BCUT2D eigenvalue weighted by atomic mass is 32.2. The van der Waals surface area contributed by atoms with Crippen LogP contribution in [-0.4, -0.2) is 88.1 Å². The Bertz CT molecular complexity index is 991. The van der Waals surface area contributed by atoms with Crippen LogP contribution in [0.4, 0.5) is 5.82 Å². The Hall–Kier alpha value is -2.01. The molecule has 4 fully saturated rings. The van der Waals surface area contributed by atoms with Gasteiger partial charge < -0.3 is 14.5 Å². The fourth-order valence-electron chi connectivity index (χ4n) is 5.63. The monoisotopic (exact) mass is 502 g/mol. The molecule has 182 valence electrons. The summed E-state index contributed by atoms with van der Waals surface area (Å²) in [5.41, 5.74) is -0.768. The lowest BCUT2D eigenvalue weighted by Gasteiger charge is -2.52. The van der Waals surface area contributed by atoms with Crippen LogP contribution >= 0.6 is 23.1 Å². The normalized spacial score (nSPS) is 28.7. The third kappa shape index (κ3) is 4.73. The summed E-state index contributed by atoms with van der Waals surface area (Å²) < 4.78 is 7.01. The average molecular weight is 503 g/mol. The number of fused-ring (bicyclic) bond motifs is 3. The number of rotatable bonds is 7. The molecule has 4 saturated heterocycles. The van der Waals surface area contributed by atoms with Crippen molar-refractivity contribution in [2.45, 2.75) is 31.4 Å². The maximum atomic E-state index is 13.8. The number of piperidine rings is 3. The minimum Gasteiger partial charge on any atom is -0.454 e. The van der Waals surface area contributed by atoms with Gasteiger partial charge in [-0.1, -0.05) is 6.07 Å². The van der Waals surface area contributed by atoms with Gasteiger partial charge in [-0.15, -0.1) is 11.3 Å². The highest BCUT2D eigenvalue weighted by molar-refractivity contribution is 7.99. The summed E-state index contributed by atoms with van der Waals surface area (Å²) in [6, 6.07) is 4.06. The largest absolute Gasteiger partial charge is 0.454 e. The summed E-state index contributed by atoms with van der Waals surface area (Å²) in [7, 11) is 0. The quantitative estimate of drug-likeness (QED) is 0.460. The first-order valence-electron chi connectivity index (χ1n) is 12.0. The van der Waals surface area contributed by atoms with Crippen LogP contribution in [0.1, 0.15) is 24.6 Å². The number of anilines is 1. The molecule has 0 saturated carbocycles. The molecule has 0 aromatic carbocycles. The molecule has 0 radical (unpaired) electrons. The smallest absolute Gasteiger partial charge is 0.332 e. The predicted molar refractivity (Wildman–Crippen MR) is 134 cm³/mol. The summed E-state index contributed by atoms with van der Waals surface area (Å²) in [5, 5.41) is 4.90. The molecule has 1 N–H and O–H groups in total. The van der Waals surface area contributed by atoms with E-state index in [0.29, 0.717) is 29.3 Å². The zero-order valence-electron chi connectivity index (χ0n) is 19.5. The van der Waals surface area contributed by atoms with Gasteiger partial charge in [0.2, 0.25) is 0 Å². The van der Waals surface area contributed by atoms with E-state index in [1.54, 1.807) is 29.9 Å². The molecule has 4 aliphatic heterocycles. The molecule has 2 aromatic rings. The SMILES string of the molecule is CC(C(=O)O[C@H]1C[N+]2(CC(=O)Nc3cnccn3)CCC1CC2)(c1cccs1)N1CCSCC1. The molecule has 4 aliphatic rings. The van der Waals surface area contributed by atoms with Gasteiger partial charge in [-0.05, 0) is 18.4 Å². The molecule has 2 aromatic heterocycles. The molecule has 6 rings (SSSR count). The Labute approximate surface area is 208 Å². The van der Waals surface area contributed by atoms with E-state index >= 15 is 0 Å². The van der Waals surface area contributed by atoms with Crippen LogP contribution in [0, 0.1) is 5.92 Å². The molecule has 0 aliphatic carbocycles. The maximum absolute atomic E-state index is 13.8. The number of quaternary nitrogens is 1. The number of hydrogen-bond donors (Lipinski definition) is 1. The van der Waals surface area contributed by atoms with Crippen LogP contribution in [0.15, 0.2) is 36.1 Å². The summed E-state index contributed by atoms with van der Waals surface area (Å²) in [6.07, 6.45) is 6.50. The number of aromatic nitrogens is 2. The van der Waals surface area contributed by atoms with E-state index < -0.39 is 5.54 Å². The van der Waals surface area contributed by atoms with Gasteiger partial charge in [-0.3, -0.25) is 14.7 Å². The number of esters is 1. The molecule has 10 heteroatoms. The summed E-state index contributed by atoms with van der Waals surface area (Å²) in [5.74, 6) is 2.67. The van der Waals surface area contributed by atoms with Gasteiger partial charge in [0, 0.05) is 60.6 Å². The molecule has 2 bridgehead atoms. The predicted octanol–water partition coefficient (Wildman–Crippen LogP) is 2.59. The minimum absolute atomic E-state index is 0.0693. The Morgan fingerprint density at radius 3 is 2.74 bits per heavy atom. The second-order valence-corrected chi connectivity index (χ2v) is 11.9. The van der Waals surface area contributed by atoms with Crippen LogP contribution in [0.2, 0.25) is 0 Å². The van der Waals surface area contributed by atoms with Gasteiger partial charge in [0.25, 0.3) is 5.91 Å². The minimum atomic E-state index is -0.768. The van der Waals surface area contributed by atoms with Gasteiger partial charge in [0.05, 0.1) is 19.3 Å². The van der Waals surface area contributed by atoms with E-state index in [4.69, 9.17) is 4.74 Å². The maximum Gasteiger partial charge on any atom is 0.332 e. The summed E-state index contributed by atoms with van der Waals surface area (Å²) >= 11 is 3.56. The average Bonchev–Trinajstić information content (AvgIpc) is 3.40. The van der Waals surface area contributed by atoms with Gasteiger partial charge in [0.1, 0.15) is 6.54 Å². The van der Waals surface area contributed by atoms with Gasteiger partial charge in [-0.25, -0.2) is 9.78 Å². The van der Waals surface area contributed by atoms with E-state index in [1.807, 2.05) is 30.1 Å². The fraction of sp³-hybridized carbons (Fsp3) is 0.583. The third-order valence-corrected chi connectivity index (χ3v) is 9.67. The van der Waals surface area contributed by atoms with Gasteiger partial charge >= 0.3 is 5.97 Å². The molecule has 1 unspecified atom stereocenters. The first-order valence-corrected chi connectivity index (χ1v) is 14.0. The van der Waals surface area contributed by atoms with Crippen molar-refractivity contribution in [2.24, 2.45) is 5.92 Å². The summed E-state index contributed by atoms with van der Waals surface area (Å²) in [6.45, 7) is 6.73. The topological polar surface area (TPSA) is 84.4 Å². The van der Waals surface area contributed by atoms with E-state index in [2.05, 4.69) is 26.3 Å². The second kappa shape index (κ2) is 9.93. The van der Waals surface area contributed by atoms with Crippen molar-refractivity contribution in [3.63, 3.8) is 0 Å². The second-order valence-electron chi connectivity index (χ2n) is 9.70. The fourth-order valence-corrected chi connectivity index (χ4v) is 7.44. The lowest BCUT2D eigenvalue weighted by Crippen LogP contribution is -2.67. The van der Waals surface area contributed by atoms with E-state index in [-0.39, 0.29) is 18.0 Å². The van der Waals surface area contributed by atoms with Crippen LogP contribution in [0.3, 0.4) is 0 Å². The molecule has 6 heterocycles. The molecule has 8 nitrogen and oxygen atoms in total. The number of nitrogens with zero attached hydrogens (tertiary/aromatic N) is 4. The van der Waals surface area contributed by atoms with E-state index in [9.17, 15) is 9.59 Å². The van der Waals surface area contributed by atoms with Gasteiger partial charge in [-0.2, -0.15) is 11.8 Å². The van der Waals surface area contributed by atoms with Crippen molar-refractivity contribution in [1.82, 2.24) is 14.9 Å².